The van der Waals surface area contributed by atoms with E-state index < -0.39 is 17.7 Å². The second-order valence-electron chi connectivity index (χ2n) is 4.36. The first-order valence-corrected chi connectivity index (χ1v) is 5.76. The zero-order chi connectivity index (χ0) is 14.7. The van der Waals surface area contributed by atoms with Gasteiger partial charge in [-0.2, -0.15) is 13.2 Å². The van der Waals surface area contributed by atoms with Gasteiger partial charge in [0, 0.05) is 19.3 Å². The number of nitrogens with one attached hydrogen (secondary N) is 1. The van der Waals surface area contributed by atoms with Crippen LogP contribution in [0.2, 0.25) is 0 Å². The Morgan fingerprint density at radius 1 is 1.53 bits per heavy atom. The Hall–Kier alpha value is -1.57. The van der Waals surface area contributed by atoms with E-state index in [2.05, 4.69) is 10.3 Å². The van der Waals surface area contributed by atoms with Gasteiger partial charge in [0.15, 0.2) is 0 Å². The molecule has 0 spiro atoms. The molecule has 0 aliphatic heterocycles. The second-order valence-corrected chi connectivity index (χ2v) is 4.36. The highest BCUT2D eigenvalue weighted by atomic mass is 19.4. The molecule has 108 valence electrons. The lowest BCUT2D eigenvalue weighted by Crippen LogP contribution is -2.59. The molecule has 1 unspecified atom stereocenters. The van der Waals surface area contributed by atoms with Gasteiger partial charge in [-0.3, -0.25) is 5.32 Å². The molecule has 0 saturated heterocycles. The number of halogens is 3. The smallest absolute Gasteiger partial charge is 0.417 e. The number of hydrogen-bond donors (Lipinski definition) is 2. The van der Waals surface area contributed by atoms with Gasteiger partial charge in [-0.25, -0.2) is 9.78 Å². The van der Waals surface area contributed by atoms with E-state index >= 15 is 0 Å². The lowest BCUT2D eigenvalue weighted by atomic mass is 10.0. The summed E-state index contributed by atoms with van der Waals surface area (Å²) in [5, 5.41) is 10.8. The molecule has 5 nitrogen and oxygen atoms in total. The van der Waals surface area contributed by atoms with Crippen LogP contribution < -0.4 is 5.32 Å². The molecule has 0 radical (unpaired) electrons. The van der Waals surface area contributed by atoms with Crippen molar-refractivity contribution in [1.29, 1.82) is 0 Å². The molecule has 0 aliphatic rings. The molecule has 0 bridgehead atoms. The molecule has 1 rings (SSSR count). The van der Waals surface area contributed by atoms with E-state index in [1.165, 1.54) is 12.5 Å². The summed E-state index contributed by atoms with van der Waals surface area (Å²) < 4.78 is 40.0. The van der Waals surface area contributed by atoms with Crippen LogP contribution in [0, 0.1) is 0 Å². The van der Waals surface area contributed by atoms with Gasteiger partial charge in [-0.1, -0.05) is 6.92 Å². The van der Waals surface area contributed by atoms with Crippen molar-refractivity contribution in [3.8, 4) is 0 Å². The fourth-order valence-corrected chi connectivity index (χ4v) is 1.50. The molecule has 1 aromatic heterocycles. The van der Waals surface area contributed by atoms with E-state index in [0.29, 0.717) is 19.2 Å². The number of imidazole rings is 1. The maximum absolute atomic E-state index is 12.8. The van der Waals surface area contributed by atoms with Gasteiger partial charge in [0.05, 0.1) is 12.0 Å². The van der Waals surface area contributed by atoms with E-state index in [9.17, 15) is 18.0 Å². The monoisotopic (exact) mass is 279 g/mol. The van der Waals surface area contributed by atoms with Crippen molar-refractivity contribution in [3.05, 3.63) is 18.2 Å². The maximum Gasteiger partial charge on any atom is 0.417 e. The third-order valence-electron chi connectivity index (χ3n) is 2.88. The standard InChI is InChI=1S/C11H16F3N3O2/c1-3-4-17-7-15-5-8(17)6-16-10(2,9(18)19)11(12,13)14/h5,7,16H,3-4,6H2,1-2H3,(H,18,19). The van der Waals surface area contributed by atoms with E-state index in [1.54, 1.807) is 4.57 Å². The zero-order valence-corrected chi connectivity index (χ0v) is 10.7. The van der Waals surface area contributed by atoms with Gasteiger partial charge in [0.2, 0.25) is 5.54 Å². The largest absolute Gasteiger partial charge is 0.480 e. The normalized spacial score (nSPS) is 15.2. The van der Waals surface area contributed by atoms with E-state index in [4.69, 9.17) is 5.11 Å². The summed E-state index contributed by atoms with van der Waals surface area (Å²) >= 11 is 0. The summed E-state index contributed by atoms with van der Waals surface area (Å²) in [7, 11) is 0. The number of hydrogen-bond acceptors (Lipinski definition) is 3. The predicted octanol–water partition coefficient (Wildman–Crippen LogP) is 1.79. The first-order valence-electron chi connectivity index (χ1n) is 5.76. The van der Waals surface area contributed by atoms with Crippen LogP contribution in [0.15, 0.2) is 12.5 Å². The van der Waals surface area contributed by atoms with Crippen LogP contribution in [0.3, 0.4) is 0 Å². The Labute approximate surface area is 108 Å². The number of nitrogens with zero attached hydrogens (tertiary/aromatic N) is 2. The first-order chi connectivity index (χ1) is 8.72. The third-order valence-corrected chi connectivity index (χ3v) is 2.88. The van der Waals surface area contributed by atoms with Crippen LogP contribution in [0.4, 0.5) is 13.2 Å². The summed E-state index contributed by atoms with van der Waals surface area (Å²) in [6.45, 7) is 2.93. The summed E-state index contributed by atoms with van der Waals surface area (Å²) in [4.78, 5) is 14.7. The molecule has 0 fully saturated rings. The highest BCUT2D eigenvalue weighted by Crippen LogP contribution is 2.30. The zero-order valence-electron chi connectivity index (χ0n) is 10.7. The molecule has 1 heterocycles. The van der Waals surface area contributed by atoms with Gasteiger partial charge in [0.1, 0.15) is 0 Å². The molecular formula is C11H16F3N3O2. The van der Waals surface area contributed by atoms with E-state index in [1.807, 2.05) is 6.92 Å². The van der Waals surface area contributed by atoms with Crippen molar-refractivity contribution in [1.82, 2.24) is 14.9 Å². The van der Waals surface area contributed by atoms with E-state index in [-0.39, 0.29) is 6.54 Å². The van der Waals surface area contributed by atoms with Crippen molar-refractivity contribution >= 4 is 5.97 Å². The van der Waals surface area contributed by atoms with Crippen LogP contribution in [-0.4, -0.2) is 32.3 Å². The summed E-state index contributed by atoms with van der Waals surface area (Å²) in [5.74, 6) is -1.96. The molecule has 8 heteroatoms. The van der Waals surface area contributed by atoms with Crippen molar-refractivity contribution in [2.24, 2.45) is 0 Å². The average Bonchev–Trinajstić information content (AvgIpc) is 2.72. The average molecular weight is 279 g/mol. The quantitative estimate of drug-likeness (QED) is 0.833. The number of carboxylic acid groups (broad SMARTS) is 1. The number of aliphatic carboxylic acids is 1. The van der Waals surface area contributed by atoms with Gasteiger partial charge < -0.3 is 9.67 Å². The predicted molar refractivity (Wildman–Crippen MR) is 61.5 cm³/mol. The maximum atomic E-state index is 12.8. The Balaban J connectivity index is 2.83. The molecule has 1 atom stereocenters. The number of aryl methyl sites for hydroxylation is 1. The van der Waals surface area contributed by atoms with Crippen molar-refractivity contribution in [2.75, 3.05) is 0 Å². The minimum absolute atomic E-state index is 0.220. The van der Waals surface area contributed by atoms with Gasteiger partial charge in [-0.15, -0.1) is 0 Å². The molecule has 0 amide bonds. The second kappa shape index (κ2) is 5.60. The Bertz CT molecular complexity index is 445. The van der Waals surface area contributed by atoms with Crippen molar-refractivity contribution < 1.29 is 23.1 Å². The Kier molecular flexibility index (Phi) is 4.56. The molecule has 0 aromatic carbocycles. The molecular weight excluding hydrogens is 263 g/mol. The SMILES string of the molecule is CCCn1cncc1CNC(C)(C(=O)O)C(F)(F)F. The van der Waals surface area contributed by atoms with Crippen LogP contribution in [-0.2, 0) is 17.9 Å². The van der Waals surface area contributed by atoms with Crippen LogP contribution in [0.5, 0.6) is 0 Å². The van der Waals surface area contributed by atoms with Gasteiger partial charge in [0.25, 0.3) is 0 Å². The summed E-state index contributed by atoms with van der Waals surface area (Å²) in [6.07, 6.45) is -1.15. The van der Waals surface area contributed by atoms with E-state index in [0.717, 1.165) is 6.42 Å². The van der Waals surface area contributed by atoms with Gasteiger partial charge >= 0.3 is 12.1 Å². The van der Waals surface area contributed by atoms with Crippen LogP contribution >= 0.6 is 0 Å². The lowest BCUT2D eigenvalue weighted by molar-refractivity contribution is -0.206. The number of carboxylic acids is 1. The molecule has 2 N–H and O–H groups in total. The van der Waals surface area contributed by atoms with Gasteiger partial charge in [-0.05, 0) is 13.3 Å². The Morgan fingerprint density at radius 2 is 2.16 bits per heavy atom. The molecule has 1 aromatic rings. The number of aromatic nitrogens is 2. The minimum atomic E-state index is -4.88. The summed E-state index contributed by atoms with van der Waals surface area (Å²) in [5.41, 5.74) is -2.47. The third kappa shape index (κ3) is 3.25. The van der Waals surface area contributed by atoms with Crippen LogP contribution in [0.1, 0.15) is 26.0 Å². The number of carbonyl (C=O) groups is 1. The fourth-order valence-electron chi connectivity index (χ4n) is 1.50. The highest BCUT2D eigenvalue weighted by molar-refractivity contribution is 5.79. The van der Waals surface area contributed by atoms with Crippen molar-refractivity contribution in [2.45, 2.75) is 45.1 Å². The highest BCUT2D eigenvalue weighted by Gasteiger charge is 2.57. The fraction of sp³-hybridized carbons (Fsp3) is 0.636. The van der Waals surface area contributed by atoms with Crippen molar-refractivity contribution in [3.63, 3.8) is 0 Å². The minimum Gasteiger partial charge on any atom is -0.480 e. The number of rotatable bonds is 6. The Morgan fingerprint density at radius 3 is 2.63 bits per heavy atom. The first kappa shape index (κ1) is 15.5. The topological polar surface area (TPSA) is 67.2 Å². The molecule has 0 aliphatic carbocycles. The number of alkyl halides is 3. The lowest BCUT2D eigenvalue weighted by Gasteiger charge is -2.28. The summed E-state index contributed by atoms with van der Waals surface area (Å²) in [6, 6.07) is 0. The van der Waals surface area contributed by atoms with Crippen LogP contribution in [0.25, 0.3) is 0 Å². The molecule has 0 saturated carbocycles. The molecule has 19 heavy (non-hydrogen) atoms.